The van der Waals surface area contributed by atoms with Crippen molar-refractivity contribution in [2.75, 3.05) is 32.8 Å². The molecule has 5 nitrogen and oxygen atoms in total. The minimum absolute atomic E-state index is 0.140. The van der Waals surface area contributed by atoms with Crippen LogP contribution >= 0.6 is 0 Å². The molecule has 2 heterocycles. The van der Waals surface area contributed by atoms with Crippen molar-refractivity contribution in [1.29, 1.82) is 0 Å². The quantitative estimate of drug-likeness (QED) is 0.763. The fourth-order valence-corrected chi connectivity index (χ4v) is 3.10. The Bertz CT molecular complexity index is 553. The summed E-state index contributed by atoms with van der Waals surface area (Å²) in [6.45, 7) is 14.9. The van der Waals surface area contributed by atoms with Crippen molar-refractivity contribution in [3.8, 4) is 5.75 Å². The van der Waals surface area contributed by atoms with Crippen LogP contribution in [0, 0.1) is 0 Å². The molecule has 1 aromatic rings. The average Bonchev–Trinajstić information content (AvgIpc) is 2.77. The van der Waals surface area contributed by atoms with E-state index < -0.39 is 0 Å². The van der Waals surface area contributed by atoms with Gasteiger partial charge in [-0.25, -0.2) is 0 Å². The van der Waals surface area contributed by atoms with Crippen molar-refractivity contribution < 1.29 is 18.8 Å². The second-order valence-electron chi connectivity index (χ2n) is 8.00. The van der Waals surface area contributed by atoms with Crippen molar-refractivity contribution >= 4 is 12.6 Å². The monoisotopic (exact) mass is 347 g/mol. The summed E-state index contributed by atoms with van der Waals surface area (Å²) in [5.41, 5.74) is 0.380. The van der Waals surface area contributed by atoms with Crippen molar-refractivity contribution in [1.82, 2.24) is 4.90 Å². The van der Waals surface area contributed by atoms with Gasteiger partial charge in [0.25, 0.3) is 0 Å². The smallest absolute Gasteiger partial charge is 0.489 e. The van der Waals surface area contributed by atoms with E-state index in [4.69, 9.17) is 18.8 Å². The maximum Gasteiger partial charge on any atom is 0.494 e. The van der Waals surface area contributed by atoms with Crippen molar-refractivity contribution in [2.24, 2.45) is 0 Å². The third-order valence-corrected chi connectivity index (χ3v) is 5.36. The number of ether oxygens (including phenoxy) is 2. The first-order valence-electron chi connectivity index (χ1n) is 9.19. The van der Waals surface area contributed by atoms with Crippen LogP contribution in [0.1, 0.15) is 34.6 Å². The van der Waals surface area contributed by atoms with Crippen molar-refractivity contribution in [3.63, 3.8) is 0 Å². The summed E-state index contributed by atoms with van der Waals surface area (Å²) in [5.74, 6) is 0.876. The summed E-state index contributed by atoms with van der Waals surface area (Å²) in [6, 6.07) is 8.05. The summed E-state index contributed by atoms with van der Waals surface area (Å²) >= 11 is 0. The Hall–Kier alpha value is -1.08. The molecular formula is C19H30BNO4. The van der Waals surface area contributed by atoms with E-state index in [0.29, 0.717) is 0 Å². The zero-order valence-electron chi connectivity index (χ0n) is 16.1. The fraction of sp³-hybridized carbons (Fsp3) is 0.684. The highest BCUT2D eigenvalue weighted by atomic mass is 16.7. The van der Waals surface area contributed by atoms with Gasteiger partial charge in [0.2, 0.25) is 0 Å². The highest BCUT2D eigenvalue weighted by Gasteiger charge is 2.51. The third kappa shape index (κ3) is 4.37. The molecule has 0 saturated carbocycles. The Labute approximate surface area is 151 Å². The van der Waals surface area contributed by atoms with E-state index >= 15 is 0 Å². The minimum Gasteiger partial charge on any atom is -0.489 e. The summed E-state index contributed by atoms with van der Waals surface area (Å²) in [4.78, 5) is 2.38. The molecule has 0 bridgehead atoms. The SMILES string of the molecule is CC(CN1CCOCC1)Oc1ccc(B2OC(C)(C)C(C)(C)O2)cc1. The lowest BCUT2D eigenvalue weighted by Crippen LogP contribution is -2.41. The normalized spacial score (nSPS) is 24.3. The number of morpholine rings is 1. The molecule has 6 heteroatoms. The Morgan fingerprint density at radius 3 is 2.16 bits per heavy atom. The van der Waals surface area contributed by atoms with Crippen molar-refractivity contribution in [2.45, 2.75) is 51.9 Å². The topological polar surface area (TPSA) is 40.2 Å². The van der Waals surface area contributed by atoms with Gasteiger partial charge in [0.1, 0.15) is 11.9 Å². The summed E-state index contributed by atoms with van der Waals surface area (Å²) in [5, 5.41) is 0. The van der Waals surface area contributed by atoms with Gasteiger partial charge in [0.15, 0.2) is 0 Å². The zero-order valence-corrected chi connectivity index (χ0v) is 16.1. The van der Waals surface area contributed by atoms with Gasteiger partial charge < -0.3 is 18.8 Å². The lowest BCUT2D eigenvalue weighted by atomic mass is 9.79. The minimum atomic E-state index is -0.329. The molecular weight excluding hydrogens is 317 g/mol. The van der Waals surface area contributed by atoms with E-state index in [0.717, 1.165) is 44.1 Å². The largest absolute Gasteiger partial charge is 0.494 e. The van der Waals surface area contributed by atoms with Gasteiger partial charge in [-0.1, -0.05) is 12.1 Å². The highest BCUT2D eigenvalue weighted by molar-refractivity contribution is 6.62. The van der Waals surface area contributed by atoms with E-state index in [1.807, 2.05) is 24.3 Å². The average molecular weight is 347 g/mol. The highest BCUT2D eigenvalue weighted by Crippen LogP contribution is 2.36. The standard InChI is InChI=1S/C19H30BNO4/c1-15(14-21-10-12-22-13-11-21)23-17-8-6-16(7-9-17)20-24-18(2,3)19(4,5)25-20/h6-9,15H,10-14H2,1-5H3. The molecule has 0 radical (unpaired) electrons. The number of nitrogens with zero attached hydrogens (tertiary/aromatic N) is 1. The predicted molar refractivity (Wildman–Crippen MR) is 99.5 cm³/mol. The maximum absolute atomic E-state index is 6.09. The summed E-state index contributed by atoms with van der Waals surface area (Å²) < 4.78 is 23.6. The first-order chi connectivity index (χ1) is 11.8. The van der Waals surface area contributed by atoms with E-state index in [1.165, 1.54) is 0 Å². The fourth-order valence-electron chi connectivity index (χ4n) is 3.10. The first kappa shape index (κ1) is 18.7. The van der Waals surface area contributed by atoms with Crippen LogP contribution in [0.25, 0.3) is 0 Å². The molecule has 2 saturated heterocycles. The van der Waals surface area contributed by atoms with Crippen LogP contribution < -0.4 is 10.2 Å². The molecule has 1 atom stereocenters. The number of rotatable bonds is 5. The molecule has 138 valence electrons. The first-order valence-corrected chi connectivity index (χ1v) is 9.19. The van der Waals surface area contributed by atoms with Crippen LogP contribution in [0.2, 0.25) is 0 Å². The summed E-state index contributed by atoms with van der Waals surface area (Å²) in [6.07, 6.45) is 0.140. The number of hydrogen-bond donors (Lipinski definition) is 0. The molecule has 2 aliphatic rings. The van der Waals surface area contributed by atoms with Crippen LogP contribution in [0.3, 0.4) is 0 Å². The van der Waals surface area contributed by atoms with Gasteiger partial charge in [-0.15, -0.1) is 0 Å². The van der Waals surface area contributed by atoms with Crippen LogP contribution in [0.15, 0.2) is 24.3 Å². The lowest BCUT2D eigenvalue weighted by molar-refractivity contribution is 0.00578. The van der Waals surface area contributed by atoms with Crippen LogP contribution in [0.4, 0.5) is 0 Å². The Kier molecular flexibility index (Phi) is 5.44. The molecule has 0 amide bonds. The molecule has 2 aliphatic heterocycles. The number of benzene rings is 1. The van der Waals surface area contributed by atoms with E-state index in [9.17, 15) is 0 Å². The maximum atomic E-state index is 6.09. The van der Waals surface area contributed by atoms with Gasteiger partial charge in [0, 0.05) is 19.6 Å². The molecule has 0 spiro atoms. The zero-order chi connectivity index (χ0) is 18.1. The molecule has 0 aliphatic carbocycles. The van der Waals surface area contributed by atoms with Gasteiger partial charge >= 0.3 is 7.12 Å². The molecule has 0 aromatic heterocycles. The van der Waals surface area contributed by atoms with Crippen LogP contribution in [-0.2, 0) is 14.0 Å². The van der Waals surface area contributed by atoms with Gasteiger partial charge in [-0.2, -0.15) is 0 Å². The van der Waals surface area contributed by atoms with Gasteiger partial charge in [-0.3, -0.25) is 4.90 Å². The van der Waals surface area contributed by atoms with E-state index in [2.05, 4.69) is 39.5 Å². The second kappa shape index (κ2) is 7.27. The van der Waals surface area contributed by atoms with E-state index in [-0.39, 0.29) is 24.4 Å². The van der Waals surface area contributed by atoms with Crippen LogP contribution in [-0.4, -0.2) is 62.2 Å². The van der Waals surface area contributed by atoms with Crippen LogP contribution in [0.5, 0.6) is 5.75 Å². The predicted octanol–water partition coefficient (Wildman–Crippen LogP) is 2.09. The Morgan fingerprint density at radius 2 is 1.60 bits per heavy atom. The Morgan fingerprint density at radius 1 is 1.04 bits per heavy atom. The van der Waals surface area contributed by atoms with Gasteiger partial charge in [0.05, 0.1) is 24.4 Å². The second-order valence-corrected chi connectivity index (χ2v) is 8.00. The molecule has 1 aromatic carbocycles. The molecule has 2 fully saturated rings. The van der Waals surface area contributed by atoms with Crippen molar-refractivity contribution in [3.05, 3.63) is 24.3 Å². The molecule has 25 heavy (non-hydrogen) atoms. The third-order valence-electron chi connectivity index (χ3n) is 5.36. The summed E-state index contributed by atoms with van der Waals surface area (Å²) in [7, 11) is -0.329. The van der Waals surface area contributed by atoms with E-state index in [1.54, 1.807) is 0 Å². The Balaban J connectivity index is 1.55. The van der Waals surface area contributed by atoms with Gasteiger partial charge in [-0.05, 0) is 52.2 Å². The number of hydrogen-bond acceptors (Lipinski definition) is 5. The lowest BCUT2D eigenvalue weighted by Gasteiger charge is -2.32. The molecule has 0 N–H and O–H groups in total. The molecule has 3 rings (SSSR count). The molecule has 1 unspecified atom stereocenters.